The van der Waals surface area contributed by atoms with Crippen LogP contribution in [0.25, 0.3) is 10.2 Å². The highest BCUT2D eigenvalue weighted by Gasteiger charge is 2.15. The van der Waals surface area contributed by atoms with Gasteiger partial charge in [0.25, 0.3) is 5.56 Å². The third-order valence-electron chi connectivity index (χ3n) is 3.04. The summed E-state index contributed by atoms with van der Waals surface area (Å²) in [5.74, 6) is -0.470. The highest BCUT2D eigenvalue weighted by Crippen LogP contribution is 2.16. The molecule has 0 saturated carbocycles. The van der Waals surface area contributed by atoms with E-state index in [4.69, 9.17) is 4.74 Å². The van der Waals surface area contributed by atoms with E-state index in [1.54, 1.807) is 33.0 Å². The number of nitrogens with zero attached hydrogens (tertiary/aromatic N) is 3. The van der Waals surface area contributed by atoms with Crippen LogP contribution in [0.3, 0.4) is 0 Å². The molecule has 0 amide bonds. The Labute approximate surface area is 131 Å². The molecule has 7 heteroatoms. The van der Waals surface area contributed by atoms with E-state index in [0.717, 1.165) is 0 Å². The van der Waals surface area contributed by atoms with Gasteiger partial charge in [-0.1, -0.05) is 17.4 Å². The first-order chi connectivity index (χ1) is 10.5. The molecular weight excluding hydrogens is 302 g/mol. The Morgan fingerprint density at radius 1 is 1.59 bits per heavy atom. The smallest absolute Gasteiger partial charge is 0.339 e. The summed E-state index contributed by atoms with van der Waals surface area (Å²) in [7, 11) is 1.64. The zero-order valence-corrected chi connectivity index (χ0v) is 13.6. The fourth-order valence-corrected chi connectivity index (χ4v) is 2.90. The molecule has 0 radical (unpaired) electrons. The number of esters is 1. The van der Waals surface area contributed by atoms with E-state index in [2.05, 4.69) is 16.6 Å². The summed E-state index contributed by atoms with van der Waals surface area (Å²) < 4.78 is 6.44. The average Bonchev–Trinajstić information content (AvgIpc) is 2.49. The molecule has 2 aromatic heterocycles. The second kappa shape index (κ2) is 6.65. The van der Waals surface area contributed by atoms with Gasteiger partial charge in [-0.2, -0.15) is 0 Å². The monoisotopic (exact) mass is 319 g/mol. The van der Waals surface area contributed by atoms with Crippen LogP contribution in [0.5, 0.6) is 0 Å². The molecular formula is C15H17N3O3S. The quantitative estimate of drug-likeness (QED) is 0.633. The van der Waals surface area contributed by atoms with Crippen molar-refractivity contribution in [3.63, 3.8) is 0 Å². The van der Waals surface area contributed by atoms with Crippen molar-refractivity contribution >= 4 is 27.5 Å². The Hall–Kier alpha value is -2.28. The van der Waals surface area contributed by atoms with Crippen LogP contribution in [0.15, 0.2) is 28.5 Å². The Kier molecular flexibility index (Phi) is 4.87. The maximum atomic E-state index is 12.4. The first-order valence-corrected chi connectivity index (χ1v) is 7.61. The summed E-state index contributed by atoms with van der Waals surface area (Å²) in [6.07, 6.45) is 1.66. The van der Waals surface area contributed by atoms with Crippen LogP contribution in [0.1, 0.15) is 23.0 Å². The van der Waals surface area contributed by atoms with Crippen LogP contribution in [0, 0.1) is 6.92 Å². The maximum Gasteiger partial charge on any atom is 0.339 e. The standard InChI is InChI=1S/C15H17N3O3S/c1-5-7-16-15-18(4)13(19)11-8-10(14(20)21-6-2)9(3)17-12(11)22-15/h5,8H,1,6-7H2,2-4H3. The van der Waals surface area contributed by atoms with Crippen molar-refractivity contribution in [1.29, 1.82) is 0 Å². The van der Waals surface area contributed by atoms with Crippen LogP contribution in [0.4, 0.5) is 0 Å². The van der Waals surface area contributed by atoms with Crippen molar-refractivity contribution < 1.29 is 9.53 Å². The first-order valence-electron chi connectivity index (χ1n) is 6.79. The number of aryl methyl sites for hydroxylation is 1. The van der Waals surface area contributed by atoms with Gasteiger partial charge >= 0.3 is 5.97 Å². The van der Waals surface area contributed by atoms with Crippen molar-refractivity contribution in [2.24, 2.45) is 12.0 Å². The number of rotatable bonds is 4. The Balaban J connectivity index is 2.74. The van der Waals surface area contributed by atoms with Gasteiger partial charge < -0.3 is 4.74 Å². The third kappa shape index (κ3) is 2.99. The molecule has 2 heterocycles. The van der Waals surface area contributed by atoms with E-state index >= 15 is 0 Å². The predicted molar refractivity (Wildman–Crippen MR) is 86.2 cm³/mol. The number of carbonyl (C=O) groups is 1. The highest BCUT2D eigenvalue weighted by atomic mass is 32.1. The average molecular weight is 319 g/mol. The van der Waals surface area contributed by atoms with Crippen LogP contribution < -0.4 is 10.4 Å². The lowest BCUT2D eigenvalue weighted by Gasteiger charge is -2.07. The molecule has 22 heavy (non-hydrogen) atoms. The minimum Gasteiger partial charge on any atom is -0.462 e. The molecule has 0 aliphatic heterocycles. The molecule has 6 nitrogen and oxygen atoms in total. The van der Waals surface area contributed by atoms with E-state index in [1.807, 2.05) is 0 Å². The Morgan fingerprint density at radius 2 is 2.32 bits per heavy atom. The van der Waals surface area contributed by atoms with Gasteiger partial charge in [0.15, 0.2) is 4.80 Å². The molecule has 0 atom stereocenters. The largest absolute Gasteiger partial charge is 0.462 e. The summed E-state index contributed by atoms with van der Waals surface area (Å²) in [5.41, 5.74) is 0.606. The summed E-state index contributed by atoms with van der Waals surface area (Å²) in [4.78, 5) is 34.1. The SMILES string of the molecule is C=CCN=c1sc2nc(C)c(C(=O)OCC)cc2c(=O)n1C. The second-order valence-corrected chi connectivity index (χ2v) is 5.53. The highest BCUT2D eigenvalue weighted by molar-refractivity contribution is 7.15. The van der Waals surface area contributed by atoms with Gasteiger partial charge in [-0.3, -0.25) is 14.4 Å². The lowest BCUT2D eigenvalue weighted by Crippen LogP contribution is -2.29. The van der Waals surface area contributed by atoms with Crippen LogP contribution in [-0.4, -0.2) is 28.7 Å². The molecule has 0 aliphatic carbocycles. The third-order valence-corrected chi connectivity index (χ3v) is 4.13. The molecule has 2 rings (SSSR count). The van der Waals surface area contributed by atoms with Crippen molar-refractivity contribution in [1.82, 2.24) is 9.55 Å². The maximum absolute atomic E-state index is 12.4. The molecule has 0 spiro atoms. The molecule has 0 aromatic carbocycles. The fourth-order valence-electron chi connectivity index (χ4n) is 1.93. The van der Waals surface area contributed by atoms with Crippen molar-refractivity contribution in [2.75, 3.05) is 13.2 Å². The van der Waals surface area contributed by atoms with Gasteiger partial charge in [0.05, 0.1) is 29.8 Å². The van der Waals surface area contributed by atoms with Crippen molar-refractivity contribution in [3.8, 4) is 0 Å². The molecule has 116 valence electrons. The molecule has 2 aromatic rings. The summed E-state index contributed by atoms with van der Waals surface area (Å²) in [6, 6.07) is 1.55. The number of carbonyl (C=O) groups excluding carboxylic acids is 1. The van der Waals surface area contributed by atoms with Crippen LogP contribution in [0.2, 0.25) is 0 Å². The number of pyridine rings is 1. The Morgan fingerprint density at radius 3 is 2.95 bits per heavy atom. The van der Waals surface area contributed by atoms with Crippen molar-refractivity contribution in [2.45, 2.75) is 13.8 Å². The first kappa shape index (κ1) is 16.1. The number of ether oxygens (including phenoxy) is 1. The van der Waals surface area contributed by atoms with E-state index in [1.165, 1.54) is 15.9 Å². The van der Waals surface area contributed by atoms with E-state index < -0.39 is 5.97 Å². The summed E-state index contributed by atoms with van der Waals surface area (Å²) in [6.45, 7) is 7.76. The minimum atomic E-state index is -0.470. The number of hydrogen-bond acceptors (Lipinski definition) is 6. The summed E-state index contributed by atoms with van der Waals surface area (Å²) in [5, 5.41) is 0.388. The van der Waals surface area contributed by atoms with Gasteiger partial charge in [-0.05, 0) is 19.9 Å². The number of hydrogen-bond donors (Lipinski definition) is 0. The van der Waals surface area contributed by atoms with Gasteiger partial charge in [-0.25, -0.2) is 9.78 Å². The van der Waals surface area contributed by atoms with Gasteiger partial charge in [0.2, 0.25) is 0 Å². The van der Waals surface area contributed by atoms with E-state index in [9.17, 15) is 9.59 Å². The zero-order chi connectivity index (χ0) is 16.3. The normalized spacial score (nSPS) is 11.7. The Bertz CT molecular complexity index is 865. The molecule has 0 N–H and O–H groups in total. The topological polar surface area (TPSA) is 73.6 Å². The predicted octanol–water partition coefficient (Wildman–Crippen LogP) is 1.57. The fraction of sp³-hybridized carbons (Fsp3) is 0.333. The lowest BCUT2D eigenvalue weighted by molar-refractivity contribution is 0.0525. The van der Waals surface area contributed by atoms with Gasteiger partial charge in [0.1, 0.15) is 4.83 Å². The molecule has 0 aliphatic rings. The molecule has 0 saturated heterocycles. The zero-order valence-electron chi connectivity index (χ0n) is 12.8. The number of aromatic nitrogens is 2. The minimum absolute atomic E-state index is 0.241. The van der Waals surface area contributed by atoms with Crippen LogP contribution >= 0.6 is 11.3 Å². The summed E-state index contributed by atoms with van der Waals surface area (Å²) >= 11 is 1.30. The molecule has 0 unspecified atom stereocenters. The number of fused-ring (bicyclic) bond motifs is 1. The molecule has 0 bridgehead atoms. The van der Waals surface area contributed by atoms with Gasteiger partial charge in [0, 0.05) is 7.05 Å². The lowest BCUT2D eigenvalue weighted by atomic mass is 10.2. The van der Waals surface area contributed by atoms with E-state index in [-0.39, 0.29) is 12.2 Å². The van der Waals surface area contributed by atoms with Crippen molar-refractivity contribution in [3.05, 3.63) is 45.1 Å². The molecule has 0 fully saturated rings. The second-order valence-electron chi connectivity index (χ2n) is 4.57. The van der Waals surface area contributed by atoms with Crippen LogP contribution in [-0.2, 0) is 11.8 Å². The van der Waals surface area contributed by atoms with Gasteiger partial charge in [-0.15, -0.1) is 6.58 Å². The van der Waals surface area contributed by atoms with E-state index in [0.29, 0.717) is 32.8 Å².